The molecule has 0 bridgehead atoms. The van der Waals surface area contributed by atoms with Gasteiger partial charge in [0.05, 0.1) is 18.8 Å². The smallest absolute Gasteiger partial charge is 0.217 e. The summed E-state index contributed by atoms with van der Waals surface area (Å²) in [5.41, 5.74) is 3.10. The molecule has 1 aliphatic carbocycles. The van der Waals surface area contributed by atoms with Crippen LogP contribution in [0.25, 0.3) is 0 Å². The van der Waals surface area contributed by atoms with Crippen molar-refractivity contribution >= 4 is 17.4 Å². The molecule has 0 saturated heterocycles. The first-order valence-corrected chi connectivity index (χ1v) is 11.9. The fraction of sp³-hybridized carbons (Fsp3) is 0.481. The number of benzene rings is 2. The van der Waals surface area contributed by atoms with Crippen LogP contribution in [0.15, 0.2) is 48.5 Å². The molecule has 34 heavy (non-hydrogen) atoms. The number of carbonyl (C=O) groups is 2. The van der Waals surface area contributed by atoms with E-state index >= 15 is 0 Å². The van der Waals surface area contributed by atoms with Crippen LogP contribution in [-0.2, 0) is 16.0 Å². The van der Waals surface area contributed by atoms with Gasteiger partial charge in [-0.1, -0.05) is 44.2 Å². The fourth-order valence-electron chi connectivity index (χ4n) is 4.54. The first kappa shape index (κ1) is 25.9. The topological polar surface area (TPSA) is 99.7 Å². The van der Waals surface area contributed by atoms with Gasteiger partial charge in [-0.05, 0) is 42.2 Å². The maximum atomic E-state index is 13.1. The second-order valence-electron chi connectivity index (χ2n) is 9.66. The lowest BCUT2D eigenvalue weighted by Gasteiger charge is -2.37. The number of hydrogen-bond donors (Lipinski definition) is 4. The number of amides is 1. The summed E-state index contributed by atoms with van der Waals surface area (Å²) in [5.74, 6) is -0.0498. The Labute approximate surface area is 202 Å². The van der Waals surface area contributed by atoms with Gasteiger partial charge in [-0.25, -0.2) is 0 Å². The van der Waals surface area contributed by atoms with E-state index in [1.165, 1.54) is 6.92 Å². The molecule has 1 aliphatic rings. The summed E-state index contributed by atoms with van der Waals surface area (Å²) in [6.45, 7) is 6.93. The van der Waals surface area contributed by atoms with Crippen molar-refractivity contribution < 1.29 is 19.4 Å². The van der Waals surface area contributed by atoms with E-state index in [-0.39, 0.29) is 24.3 Å². The number of methoxy groups -OCH3 is 1. The van der Waals surface area contributed by atoms with Crippen LogP contribution in [0.3, 0.4) is 0 Å². The van der Waals surface area contributed by atoms with E-state index in [9.17, 15) is 14.7 Å². The van der Waals surface area contributed by atoms with Gasteiger partial charge < -0.3 is 25.8 Å². The predicted octanol–water partition coefficient (Wildman–Crippen LogP) is 3.10. The van der Waals surface area contributed by atoms with Crippen molar-refractivity contribution in [3.63, 3.8) is 0 Å². The number of ketones is 1. The van der Waals surface area contributed by atoms with Crippen molar-refractivity contribution in [3.05, 3.63) is 65.2 Å². The highest BCUT2D eigenvalue weighted by Crippen LogP contribution is 2.41. The van der Waals surface area contributed by atoms with Crippen molar-refractivity contribution in [2.45, 2.75) is 51.8 Å². The summed E-state index contributed by atoms with van der Waals surface area (Å²) >= 11 is 0. The van der Waals surface area contributed by atoms with E-state index < -0.39 is 17.6 Å². The second-order valence-corrected chi connectivity index (χ2v) is 9.66. The number of anilines is 1. The van der Waals surface area contributed by atoms with Crippen molar-refractivity contribution in [1.82, 2.24) is 10.6 Å². The summed E-state index contributed by atoms with van der Waals surface area (Å²) in [7, 11) is 1.66. The number of rotatable bonds is 11. The van der Waals surface area contributed by atoms with Crippen LogP contribution in [-0.4, -0.2) is 55.7 Å². The molecule has 0 aromatic heterocycles. The van der Waals surface area contributed by atoms with Crippen LogP contribution in [0.4, 0.5) is 5.69 Å². The maximum absolute atomic E-state index is 13.1. The van der Waals surface area contributed by atoms with Crippen LogP contribution in [0.2, 0.25) is 0 Å². The molecule has 7 nitrogen and oxygen atoms in total. The summed E-state index contributed by atoms with van der Waals surface area (Å²) < 4.78 is 5.11. The molecular weight excluding hydrogens is 430 g/mol. The predicted molar refractivity (Wildman–Crippen MR) is 134 cm³/mol. The van der Waals surface area contributed by atoms with Crippen LogP contribution in [0, 0.1) is 5.41 Å². The monoisotopic (exact) mass is 467 g/mol. The third kappa shape index (κ3) is 6.65. The zero-order chi connectivity index (χ0) is 24.7. The fourth-order valence-corrected chi connectivity index (χ4v) is 4.54. The Balaban J connectivity index is 1.76. The molecule has 3 rings (SSSR count). The number of hydrogen-bond acceptors (Lipinski definition) is 6. The Bertz CT molecular complexity index is 977. The molecule has 0 radical (unpaired) electrons. The lowest BCUT2D eigenvalue weighted by molar-refractivity contribution is -0.120. The normalized spacial score (nSPS) is 18.6. The summed E-state index contributed by atoms with van der Waals surface area (Å²) in [4.78, 5) is 24.9. The van der Waals surface area contributed by atoms with E-state index in [0.29, 0.717) is 31.6 Å². The lowest BCUT2D eigenvalue weighted by atomic mass is 9.71. The third-order valence-corrected chi connectivity index (χ3v) is 6.36. The van der Waals surface area contributed by atoms with Crippen molar-refractivity contribution in [2.75, 3.05) is 32.1 Å². The number of fused-ring (bicyclic) bond motifs is 1. The molecule has 0 aliphatic heterocycles. The zero-order valence-electron chi connectivity index (χ0n) is 20.6. The molecule has 4 N–H and O–H groups in total. The Hall–Kier alpha value is -2.74. The first-order chi connectivity index (χ1) is 16.2. The lowest BCUT2D eigenvalue weighted by Crippen LogP contribution is -2.49. The minimum Gasteiger partial charge on any atom is -0.390 e. The minimum atomic E-state index is -0.795. The van der Waals surface area contributed by atoms with E-state index in [1.54, 1.807) is 7.11 Å². The largest absolute Gasteiger partial charge is 0.390 e. The van der Waals surface area contributed by atoms with Crippen LogP contribution in [0.1, 0.15) is 54.7 Å². The Kier molecular flexibility index (Phi) is 8.83. The van der Waals surface area contributed by atoms with Crippen molar-refractivity contribution in [2.24, 2.45) is 5.41 Å². The highest BCUT2D eigenvalue weighted by Gasteiger charge is 2.39. The van der Waals surface area contributed by atoms with Crippen LogP contribution in [0.5, 0.6) is 0 Å². The molecular formula is C27H37N3O4. The van der Waals surface area contributed by atoms with E-state index in [1.807, 2.05) is 62.4 Å². The van der Waals surface area contributed by atoms with Gasteiger partial charge in [0, 0.05) is 49.8 Å². The first-order valence-electron chi connectivity index (χ1n) is 11.9. The Morgan fingerprint density at radius 2 is 1.94 bits per heavy atom. The summed E-state index contributed by atoms with van der Waals surface area (Å²) in [6.07, 6.45) is 0.356. The molecule has 2 aromatic rings. The maximum Gasteiger partial charge on any atom is 0.217 e. The number of nitrogens with one attached hydrogen (secondary N) is 3. The number of Topliss-reactive ketones (excluding diaryl/α,β-unsaturated/α-hetero) is 1. The van der Waals surface area contributed by atoms with Gasteiger partial charge in [0.1, 0.15) is 0 Å². The molecule has 0 saturated carbocycles. The molecule has 2 aromatic carbocycles. The second kappa shape index (κ2) is 11.6. The summed E-state index contributed by atoms with van der Waals surface area (Å²) in [5, 5.41) is 20.7. The van der Waals surface area contributed by atoms with Gasteiger partial charge >= 0.3 is 0 Å². The van der Waals surface area contributed by atoms with Gasteiger partial charge in [-0.15, -0.1) is 0 Å². The molecule has 0 unspecified atom stereocenters. The number of aliphatic hydroxyl groups excluding tert-OH is 1. The van der Waals surface area contributed by atoms with Crippen LogP contribution >= 0.6 is 0 Å². The highest BCUT2D eigenvalue weighted by atomic mass is 16.5. The minimum absolute atomic E-state index is 0.101. The molecule has 0 heterocycles. The van der Waals surface area contributed by atoms with E-state index in [2.05, 4.69) is 16.0 Å². The van der Waals surface area contributed by atoms with E-state index in [0.717, 1.165) is 16.8 Å². The molecule has 1 amide bonds. The number of ether oxygens (including phenoxy) is 1. The van der Waals surface area contributed by atoms with Gasteiger partial charge in [-0.3, -0.25) is 9.59 Å². The van der Waals surface area contributed by atoms with E-state index in [4.69, 9.17) is 4.74 Å². The third-order valence-electron chi connectivity index (χ3n) is 6.36. The SMILES string of the molecule is COCCNc1ccc2c(c1)[C@@H](NC[C@@H](O)[C@H](Cc1ccccc1)NC(C)=O)CC(C)(C)C2=O. The van der Waals surface area contributed by atoms with Crippen molar-refractivity contribution in [1.29, 1.82) is 0 Å². The molecule has 0 fully saturated rings. The standard InChI is InChI=1S/C27H37N3O4/c1-18(31)30-23(14-19-8-6-5-7-9-19)25(32)17-29-24-16-27(2,3)26(33)21-11-10-20(15-22(21)24)28-12-13-34-4/h5-11,15,23-25,28-29,32H,12-14,16-17H2,1-4H3,(H,30,31)/t23-,24-,25+/m0/s1. The van der Waals surface area contributed by atoms with Crippen molar-refractivity contribution in [3.8, 4) is 0 Å². The van der Waals surface area contributed by atoms with Gasteiger partial charge in [0.15, 0.2) is 5.78 Å². The highest BCUT2D eigenvalue weighted by molar-refractivity contribution is 6.03. The molecule has 3 atom stereocenters. The quantitative estimate of drug-likeness (QED) is 0.379. The van der Waals surface area contributed by atoms with Gasteiger partial charge in [-0.2, -0.15) is 0 Å². The van der Waals surface area contributed by atoms with Gasteiger partial charge in [0.2, 0.25) is 5.91 Å². The zero-order valence-corrected chi connectivity index (χ0v) is 20.6. The Morgan fingerprint density at radius 1 is 1.21 bits per heavy atom. The number of carbonyl (C=O) groups excluding carboxylic acids is 2. The molecule has 7 heteroatoms. The Morgan fingerprint density at radius 3 is 2.62 bits per heavy atom. The van der Waals surface area contributed by atoms with Gasteiger partial charge in [0.25, 0.3) is 0 Å². The number of aliphatic hydroxyl groups is 1. The average molecular weight is 468 g/mol. The summed E-state index contributed by atoms with van der Waals surface area (Å²) in [6, 6.07) is 15.1. The average Bonchev–Trinajstić information content (AvgIpc) is 2.80. The molecule has 0 spiro atoms. The molecule has 184 valence electrons. The van der Waals surface area contributed by atoms with Crippen LogP contribution < -0.4 is 16.0 Å².